The van der Waals surface area contributed by atoms with Crippen molar-refractivity contribution >= 4 is 38.6 Å². The fraction of sp³-hybridized carbons (Fsp3) is 0.278. The second-order valence-corrected chi connectivity index (χ2v) is 7.70. The van der Waals surface area contributed by atoms with E-state index in [-0.39, 0.29) is 18.0 Å². The van der Waals surface area contributed by atoms with Crippen molar-refractivity contribution in [3.05, 3.63) is 56.4 Å². The zero-order valence-electron chi connectivity index (χ0n) is 15.6. The summed E-state index contributed by atoms with van der Waals surface area (Å²) in [5, 5.41) is 0.791. The summed E-state index contributed by atoms with van der Waals surface area (Å²) in [6.07, 6.45) is 1.47. The largest absolute Gasteiger partial charge is 0.337 e. The molecule has 1 amide bonds. The Bertz CT molecular complexity index is 1300. The highest BCUT2D eigenvalue weighted by Crippen LogP contribution is 2.22. The van der Waals surface area contributed by atoms with Crippen molar-refractivity contribution in [3.8, 4) is 0 Å². The van der Waals surface area contributed by atoms with E-state index < -0.39 is 11.2 Å². The number of nitrogens with zero attached hydrogens (tertiary/aromatic N) is 6. The minimum absolute atomic E-state index is 0.281. The van der Waals surface area contributed by atoms with Crippen LogP contribution >= 0.6 is 11.3 Å². The van der Waals surface area contributed by atoms with Gasteiger partial charge in [-0.1, -0.05) is 12.1 Å². The predicted octanol–water partition coefficient (Wildman–Crippen LogP) is 0.702. The van der Waals surface area contributed by atoms with Crippen molar-refractivity contribution in [1.29, 1.82) is 0 Å². The van der Waals surface area contributed by atoms with E-state index in [2.05, 4.69) is 9.97 Å². The Labute approximate surface area is 163 Å². The van der Waals surface area contributed by atoms with Crippen LogP contribution in [0.15, 0.2) is 40.2 Å². The van der Waals surface area contributed by atoms with Crippen molar-refractivity contribution in [3.63, 3.8) is 0 Å². The maximum atomic E-state index is 12.7. The Morgan fingerprint density at radius 2 is 1.96 bits per heavy atom. The van der Waals surface area contributed by atoms with Gasteiger partial charge in [-0.2, -0.15) is 0 Å². The van der Waals surface area contributed by atoms with Gasteiger partial charge in [0.2, 0.25) is 5.91 Å². The number of amides is 1. The number of carbonyl (C=O) groups excluding carboxylic acids is 1. The first-order valence-corrected chi connectivity index (χ1v) is 9.37. The Morgan fingerprint density at radius 3 is 2.71 bits per heavy atom. The number of rotatable bonds is 4. The molecule has 3 aromatic heterocycles. The molecule has 144 valence electrons. The Kier molecular flexibility index (Phi) is 4.34. The molecule has 0 aliphatic carbocycles. The highest BCUT2D eigenvalue weighted by atomic mass is 32.1. The first-order valence-electron chi connectivity index (χ1n) is 8.56. The van der Waals surface area contributed by atoms with Crippen molar-refractivity contribution in [2.45, 2.75) is 13.1 Å². The van der Waals surface area contributed by atoms with Gasteiger partial charge in [0, 0.05) is 21.1 Å². The van der Waals surface area contributed by atoms with Gasteiger partial charge < -0.3 is 9.47 Å². The zero-order chi connectivity index (χ0) is 20.0. The Balaban J connectivity index is 1.62. The SMILES string of the molecule is CN(Cc1nc2ccccc2s1)C(=O)Cn1c(=O)c2c(ncn2C)n(C)c1=O. The smallest absolute Gasteiger partial charge is 0.332 e. The summed E-state index contributed by atoms with van der Waals surface area (Å²) in [6, 6.07) is 7.75. The summed E-state index contributed by atoms with van der Waals surface area (Å²) < 4.78 is 4.81. The van der Waals surface area contributed by atoms with Gasteiger partial charge in [0.15, 0.2) is 11.2 Å². The van der Waals surface area contributed by atoms with Gasteiger partial charge >= 0.3 is 5.69 Å². The maximum absolute atomic E-state index is 12.7. The molecular weight excluding hydrogens is 380 g/mol. The highest BCUT2D eigenvalue weighted by molar-refractivity contribution is 7.18. The van der Waals surface area contributed by atoms with E-state index in [1.165, 1.54) is 34.2 Å². The van der Waals surface area contributed by atoms with E-state index in [9.17, 15) is 14.4 Å². The molecule has 0 aliphatic heterocycles. The standard InChI is InChI=1S/C18H18N6O3S/c1-21(8-13-20-11-6-4-5-7-12(11)28-13)14(25)9-24-17(26)15-16(19-10-22(15)2)23(3)18(24)27/h4-7,10H,8-9H2,1-3H3. The number of likely N-dealkylation sites (N-methyl/N-ethyl adjacent to an activating group) is 1. The summed E-state index contributed by atoms with van der Waals surface area (Å²) in [6.45, 7) is -0.0325. The summed E-state index contributed by atoms with van der Waals surface area (Å²) in [5.74, 6) is -0.347. The molecule has 3 heterocycles. The molecule has 0 fully saturated rings. The topological polar surface area (TPSA) is 95.0 Å². The number of para-hydroxylation sites is 1. The number of benzene rings is 1. The quantitative estimate of drug-likeness (QED) is 0.504. The molecule has 0 saturated heterocycles. The van der Waals surface area contributed by atoms with Gasteiger partial charge in [0.25, 0.3) is 5.56 Å². The third kappa shape index (κ3) is 2.91. The van der Waals surface area contributed by atoms with Crippen LogP contribution in [0.4, 0.5) is 0 Å². The van der Waals surface area contributed by atoms with Gasteiger partial charge in [0.05, 0.1) is 23.1 Å². The molecule has 0 N–H and O–H groups in total. The summed E-state index contributed by atoms with van der Waals surface area (Å²) in [4.78, 5) is 48.0. The summed E-state index contributed by atoms with van der Waals surface area (Å²) in [5.41, 5.74) is 0.362. The second-order valence-electron chi connectivity index (χ2n) is 6.59. The molecule has 1 aromatic carbocycles. The molecule has 0 atom stereocenters. The maximum Gasteiger partial charge on any atom is 0.332 e. The monoisotopic (exact) mass is 398 g/mol. The number of aryl methyl sites for hydroxylation is 2. The van der Waals surface area contributed by atoms with Gasteiger partial charge in [0.1, 0.15) is 11.6 Å². The van der Waals surface area contributed by atoms with Crippen LogP contribution in [0.1, 0.15) is 5.01 Å². The first-order chi connectivity index (χ1) is 13.4. The molecule has 10 heteroatoms. The van der Waals surface area contributed by atoms with Gasteiger partial charge in [-0.3, -0.25) is 14.2 Å². The molecule has 4 rings (SSSR count). The molecule has 0 spiro atoms. The van der Waals surface area contributed by atoms with Crippen molar-refractivity contribution < 1.29 is 4.79 Å². The van der Waals surface area contributed by atoms with E-state index in [0.717, 1.165) is 19.8 Å². The number of aromatic nitrogens is 5. The molecule has 0 bridgehead atoms. The fourth-order valence-electron chi connectivity index (χ4n) is 3.07. The number of hydrogen-bond donors (Lipinski definition) is 0. The van der Waals surface area contributed by atoms with Gasteiger partial charge in [-0.05, 0) is 12.1 Å². The van der Waals surface area contributed by atoms with E-state index in [4.69, 9.17) is 0 Å². The lowest BCUT2D eigenvalue weighted by Gasteiger charge is -2.16. The normalized spacial score (nSPS) is 11.4. The number of thiazole rings is 1. The number of imidazole rings is 1. The van der Waals surface area contributed by atoms with Crippen molar-refractivity contribution in [2.75, 3.05) is 7.05 Å². The lowest BCUT2D eigenvalue weighted by atomic mass is 10.3. The minimum atomic E-state index is -0.571. The third-order valence-corrected chi connectivity index (χ3v) is 5.65. The zero-order valence-corrected chi connectivity index (χ0v) is 16.4. The summed E-state index contributed by atoms with van der Waals surface area (Å²) >= 11 is 1.51. The average molecular weight is 398 g/mol. The molecule has 0 unspecified atom stereocenters. The number of fused-ring (bicyclic) bond motifs is 2. The lowest BCUT2D eigenvalue weighted by molar-refractivity contribution is -0.131. The van der Waals surface area contributed by atoms with Crippen LogP contribution in [-0.4, -0.2) is 41.5 Å². The van der Waals surface area contributed by atoms with E-state index in [0.29, 0.717) is 12.2 Å². The van der Waals surface area contributed by atoms with Crippen LogP contribution in [0.2, 0.25) is 0 Å². The van der Waals surface area contributed by atoms with Crippen LogP contribution in [0.5, 0.6) is 0 Å². The van der Waals surface area contributed by atoms with Crippen LogP contribution in [0.25, 0.3) is 21.4 Å². The van der Waals surface area contributed by atoms with E-state index in [1.807, 2.05) is 24.3 Å². The predicted molar refractivity (Wildman–Crippen MR) is 106 cm³/mol. The molecule has 0 aliphatic rings. The van der Waals surface area contributed by atoms with Crippen LogP contribution < -0.4 is 11.2 Å². The van der Waals surface area contributed by atoms with E-state index in [1.54, 1.807) is 18.7 Å². The van der Waals surface area contributed by atoms with Crippen LogP contribution in [0, 0.1) is 0 Å². The fourth-order valence-corrected chi connectivity index (χ4v) is 4.09. The highest BCUT2D eigenvalue weighted by Gasteiger charge is 2.19. The number of hydrogen-bond acceptors (Lipinski definition) is 6. The molecular formula is C18H18N6O3S. The van der Waals surface area contributed by atoms with Gasteiger partial charge in [-0.15, -0.1) is 11.3 Å². The number of carbonyl (C=O) groups is 1. The lowest BCUT2D eigenvalue weighted by Crippen LogP contribution is -2.43. The molecule has 4 aromatic rings. The first kappa shape index (κ1) is 18.1. The molecule has 0 radical (unpaired) electrons. The van der Waals surface area contributed by atoms with Crippen LogP contribution in [0.3, 0.4) is 0 Å². The van der Waals surface area contributed by atoms with Crippen molar-refractivity contribution in [1.82, 2.24) is 28.6 Å². The summed E-state index contributed by atoms with van der Waals surface area (Å²) in [7, 11) is 4.84. The van der Waals surface area contributed by atoms with Crippen LogP contribution in [-0.2, 0) is 32.0 Å². The molecule has 0 saturated carbocycles. The Hall–Kier alpha value is -3.27. The Morgan fingerprint density at radius 1 is 1.21 bits per heavy atom. The average Bonchev–Trinajstić information content (AvgIpc) is 3.26. The minimum Gasteiger partial charge on any atom is -0.337 e. The van der Waals surface area contributed by atoms with Crippen molar-refractivity contribution in [2.24, 2.45) is 14.1 Å². The van der Waals surface area contributed by atoms with E-state index >= 15 is 0 Å². The van der Waals surface area contributed by atoms with Gasteiger partial charge in [-0.25, -0.2) is 19.3 Å². The molecule has 9 nitrogen and oxygen atoms in total. The third-order valence-electron chi connectivity index (χ3n) is 4.63. The second kappa shape index (κ2) is 6.71. The molecule has 28 heavy (non-hydrogen) atoms.